The molecule has 2 atom stereocenters. The average Bonchev–Trinajstić information content (AvgIpc) is 1.58. The standard InChI is InChI=1S/C46H46F4N2O4.C37H37ClN2O3S.C31H32N2O3.CH4/c1-7-9-14-31(8-2)25-52-39-20-19-32(42(51-56-30(6)53)35-17-12-13-18-40(35)55-26-46(49,50)45(47)48)23-36(39)37-24-38(33-15-10-11-16-34(33)43(37)52)44(54)41-28(4)21-27(3)22-29(41)5;1-4-9-26(5-2)24-40-35-18-12-28(34(39-43-25(3)41)20-21-44-31-16-14-30(38)15-17-31)22-32(35)33-23-29(13-19-36(33)40)37(42)27-10-7-6-8-11-27;1-20-9-7-8-12-26(20)31(35)25-14-16-30-28(18-25)27-17-24(21(2)32-36-22(3)34)13-15-29(27)33(30)19-23-10-5-4-6-11-23;/h10-13,15-24,31,45H,7-9,14,25-26H2,1-6H3;6-8,10-19,22-23,26H,4-5,9,20-21,24H2,1-3H3;7-9,12-18,23H,4-6,10-11,19H2,1-3H3;1H4/b51-42+;39-34+;32-21+;. The van der Waals surface area contributed by atoms with Crippen LogP contribution in [0, 0.1) is 45.4 Å². The average molecular weight is 1890 g/mol. The fourth-order valence-electron chi connectivity index (χ4n) is 18.8. The summed E-state index contributed by atoms with van der Waals surface area (Å²) in [6, 6.07) is 75.1. The minimum absolute atomic E-state index is 0. The highest BCUT2D eigenvalue weighted by atomic mass is 35.5. The van der Waals surface area contributed by atoms with Crippen molar-refractivity contribution in [2.75, 3.05) is 12.4 Å². The van der Waals surface area contributed by atoms with E-state index in [4.69, 9.17) is 30.9 Å². The van der Waals surface area contributed by atoms with Gasteiger partial charge in [0.1, 0.15) is 11.5 Å². The van der Waals surface area contributed by atoms with E-state index in [9.17, 15) is 46.3 Å². The number of hydrogen-bond acceptors (Lipinski definition) is 14. The third-order valence-electron chi connectivity index (χ3n) is 25.7. The summed E-state index contributed by atoms with van der Waals surface area (Å²) in [5.74, 6) is -3.90. The van der Waals surface area contributed by atoms with Gasteiger partial charge < -0.3 is 33.0 Å². The van der Waals surface area contributed by atoms with Gasteiger partial charge in [0.2, 0.25) is 0 Å². The fourth-order valence-corrected chi connectivity index (χ4v) is 19.8. The number of halogens is 5. The predicted molar refractivity (Wildman–Crippen MR) is 549 cm³/mol. The molecule has 710 valence electrons. The summed E-state index contributed by atoms with van der Waals surface area (Å²) < 4.78 is 66.6. The van der Waals surface area contributed by atoms with Crippen molar-refractivity contribution in [2.24, 2.45) is 33.2 Å². The molecule has 3 heterocycles. The van der Waals surface area contributed by atoms with E-state index in [1.54, 1.807) is 23.9 Å². The zero-order valence-electron chi connectivity index (χ0n) is 79.1. The molecule has 1 fully saturated rings. The highest BCUT2D eigenvalue weighted by molar-refractivity contribution is 7.99. The van der Waals surface area contributed by atoms with Crippen LogP contribution in [0.2, 0.25) is 5.02 Å². The van der Waals surface area contributed by atoms with Gasteiger partial charge in [-0.1, -0.05) is 240 Å². The molecule has 1 aliphatic carbocycles. The second-order valence-corrected chi connectivity index (χ2v) is 37.2. The monoisotopic (exact) mass is 1890 g/mol. The van der Waals surface area contributed by atoms with Crippen LogP contribution in [0.3, 0.4) is 0 Å². The largest absolute Gasteiger partial charge is 0.486 e. The lowest BCUT2D eigenvalue weighted by atomic mass is 9.89. The maximum absolute atomic E-state index is 14.7. The maximum Gasteiger partial charge on any atom is 0.340 e. The molecular weight excluding hydrogens is 1770 g/mol. The molecule has 15 aromatic rings. The van der Waals surface area contributed by atoms with E-state index in [1.807, 2.05) is 198 Å². The molecule has 0 amide bonds. The van der Waals surface area contributed by atoms with E-state index in [2.05, 4.69) is 99.3 Å². The molecule has 0 radical (unpaired) electrons. The number of alkyl halides is 4. The number of aromatic nitrogens is 3. The van der Waals surface area contributed by atoms with Crippen LogP contribution in [-0.4, -0.2) is 90.8 Å². The Labute approximate surface area is 807 Å². The number of para-hydroxylation sites is 1. The predicted octanol–water partition coefficient (Wildman–Crippen LogP) is 29.7. The summed E-state index contributed by atoms with van der Waals surface area (Å²) in [5.41, 5.74) is 17.9. The third-order valence-corrected chi connectivity index (χ3v) is 27.0. The second kappa shape index (κ2) is 46.2. The molecule has 0 N–H and O–H groups in total. The molecule has 0 aliphatic heterocycles. The van der Waals surface area contributed by atoms with E-state index >= 15 is 0 Å². The van der Waals surface area contributed by atoms with Crippen molar-refractivity contribution >= 4 is 152 Å². The van der Waals surface area contributed by atoms with Crippen LogP contribution in [0.4, 0.5) is 17.6 Å². The molecule has 0 spiro atoms. The Morgan fingerprint density at radius 3 is 1.57 bits per heavy atom. The topological polar surface area (TPSA) is 191 Å². The van der Waals surface area contributed by atoms with E-state index in [0.717, 1.165) is 190 Å². The molecule has 22 heteroatoms. The van der Waals surface area contributed by atoms with E-state index in [0.29, 0.717) is 74.0 Å². The first-order valence-electron chi connectivity index (χ1n) is 47.0. The molecule has 0 saturated heterocycles. The van der Waals surface area contributed by atoms with Gasteiger partial charge >= 0.3 is 30.3 Å². The summed E-state index contributed by atoms with van der Waals surface area (Å²) in [6.07, 6.45) is 10.7. The summed E-state index contributed by atoms with van der Waals surface area (Å²) >= 11 is 7.74. The van der Waals surface area contributed by atoms with Crippen molar-refractivity contribution in [1.82, 2.24) is 13.7 Å². The van der Waals surface area contributed by atoms with Gasteiger partial charge in [0.15, 0.2) is 24.0 Å². The van der Waals surface area contributed by atoms with Gasteiger partial charge in [-0.25, -0.2) is 23.2 Å². The van der Waals surface area contributed by atoms with Crippen molar-refractivity contribution < 1.29 is 65.6 Å². The zero-order chi connectivity index (χ0) is 96.6. The number of unbranched alkanes of at least 4 members (excludes halogenated alkanes) is 1. The highest BCUT2D eigenvalue weighted by Gasteiger charge is 2.42. The van der Waals surface area contributed by atoms with E-state index in [-0.39, 0.29) is 41.8 Å². The van der Waals surface area contributed by atoms with Crippen molar-refractivity contribution in [1.29, 1.82) is 0 Å². The van der Waals surface area contributed by atoms with Crippen molar-refractivity contribution in [3.8, 4) is 5.75 Å². The lowest BCUT2D eigenvalue weighted by molar-refractivity contribution is -0.148. The van der Waals surface area contributed by atoms with Gasteiger partial charge in [0, 0.05) is 178 Å². The summed E-state index contributed by atoms with van der Waals surface area (Å²) in [7, 11) is 0. The number of carbonyl (C=O) groups excluding carboxylic acids is 6. The third kappa shape index (κ3) is 23.8. The number of fused-ring (bicyclic) bond motifs is 11. The number of rotatable bonds is 34. The lowest BCUT2D eigenvalue weighted by Crippen LogP contribution is -2.34. The Bertz CT molecular complexity index is 7050. The number of thioether (sulfide) groups is 1. The summed E-state index contributed by atoms with van der Waals surface area (Å²) in [4.78, 5) is 92.8. The summed E-state index contributed by atoms with van der Waals surface area (Å²) in [6.45, 7) is 23.5. The number of ketones is 3. The van der Waals surface area contributed by atoms with Crippen LogP contribution in [0.5, 0.6) is 5.75 Å². The minimum atomic E-state index is -4.40. The Morgan fingerprint density at radius 2 is 0.964 bits per heavy atom. The lowest BCUT2D eigenvalue weighted by Gasteiger charge is -2.23. The molecule has 1 saturated carbocycles. The van der Waals surface area contributed by atoms with Crippen molar-refractivity contribution in [3.05, 3.63) is 319 Å². The van der Waals surface area contributed by atoms with Crippen LogP contribution in [-0.2, 0) is 48.5 Å². The van der Waals surface area contributed by atoms with Crippen LogP contribution < -0.4 is 4.74 Å². The molecule has 16 rings (SSSR count). The van der Waals surface area contributed by atoms with E-state index < -0.39 is 36.9 Å². The molecule has 12 aromatic carbocycles. The Hall–Kier alpha value is -13.1. The van der Waals surface area contributed by atoms with Crippen LogP contribution >= 0.6 is 23.4 Å². The number of hydrogen-bond donors (Lipinski definition) is 0. The molecule has 16 nitrogen and oxygen atoms in total. The molecule has 137 heavy (non-hydrogen) atoms. The van der Waals surface area contributed by atoms with Gasteiger partial charge in [-0.2, -0.15) is 8.78 Å². The molecule has 0 bridgehead atoms. The number of ether oxygens (including phenoxy) is 1. The van der Waals surface area contributed by atoms with Gasteiger partial charge in [0.25, 0.3) is 0 Å². The van der Waals surface area contributed by atoms with Gasteiger partial charge in [-0.3, -0.25) is 14.4 Å². The van der Waals surface area contributed by atoms with Gasteiger partial charge in [-0.15, -0.1) is 11.8 Å². The number of aryl methyl sites for hydroxylation is 4. The SMILES string of the molecule is C.CC(=O)O/N=C(\C)c1ccc2c(c1)c1cc(C(=O)c3ccccc3C)ccc1n2CC1CCCCC1.CCCC(CC)Cn1c2ccc(C(=O)c3ccccc3)cc2c2cc(/C(CCSc3ccc(Cl)cc3)=N/OC(C)=O)ccc21.CCCCC(CC)Cn1c2ccc(/C(=N\OC(C)=O)c3ccccc3OCC(F)(F)C(F)F)cc2c2cc(C(=O)c3c(C)cc(C)cc3C)c3ccccc3c21. The minimum Gasteiger partial charge on any atom is -0.486 e. The molecule has 3 aromatic heterocycles. The maximum atomic E-state index is 14.7. The Kier molecular flexibility index (Phi) is 34.1. The summed E-state index contributed by atoms with van der Waals surface area (Å²) in [5, 5.41) is 20.7. The van der Waals surface area contributed by atoms with Crippen LogP contribution in [0.25, 0.3) is 76.2 Å². The van der Waals surface area contributed by atoms with E-state index in [1.165, 1.54) is 71.1 Å². The number of oxime groups is 3. The highest BCUT2D eigenvalue weighted by Crippen LogP contribution is 2.43. The zero-order valence-corrected chi connectivity index (χ0v) is 80.7. The first-order chi connectivity index (χ1) is 65.5. The first-order valence-corrected chi connectivity index (χ1v) is 48.3. The Morgan fingerprint density at radius 1 is 0.460 bits per heavy atom. The fraction of sp³-hybridized carbons (Fsp3) is 0.313. The normalized spacial score (nSPS) is 13.2. The first kappa shape index (κ1) is 101. The van der Waals surface area contributed by atoms with Crippen molar-refractivity contribution in [3.63, 3.8) is 0 Å². The van der Waals surface area contributed by atoms with Gasteiger partial charge in [0.05, 0.1) is 16.9 Å². The smallest absolute Gasteiger partial charge is 0.340 e. The molecule has 2 unspecified atom stereocenters. The molecular formula is C115H119ClF4N6O10S. The number of benzene rings is 12. The van der Waals surface area contributed by atoms with Gasteiger partial charge in [-0.05, 0) is 221 Å². The quantitative estimate of drug-likeness (QED) is 0.00931. The van der Waals surface area contributed by atoms with Crippen LogP contribution in [0.15, 0.2) is 257 Å². The second-order valence-electron chi connectivity index (χ2n) is 35.6. The number of carbonyl (C=O) groups is 6. The Balaban J connectivity index is 0.000000177. The molecule has 1 aliphatic rings. The van der Waals surface area contributed by atoms with Crippen LogP contribution in [0.1, 0.15) is 239 Å². The number of nitrogens with zero attached hydrogens (tertiary/aromatic N) is 6. The van der Waals surface area contributed by atoms with Crippen molar-refractivity contribution in [2.45, 2.75) is 211 Å².